The summed E-state index contributed by atoms with van der Waals surface area (Å²) in [6.45, 7) is 2.65. The summed E-state index contributed by atoms with van der Waals surface area (Å²) in [5, 5.41) is 11.8. The molecule has 3 heteroatoms. The molecule has 0 amide bonds. The number of carbonyl (C=O) groups is 1. The molecule has 0 radical (unpaired) electrons. The Morgan fingerprint density at radius 1 is 1.38 bits per heavy atom. The normalized spacial score (nSPS) is 12.3. The number of aliphatic carboxylic acids is 1. The van der Waals surface area contributed by atoms with Crippen molar-refractivity contribution in [2.75, 3.05) is 6.54 Å². The fourth-order valence-electron chi connectivity index (χ4n) is 1.64. The van der Waals surface area contributed by atoms with E-state index in [0.29, 0.717) is 12.6 Å². The lowest BCUT2D eigenvalue weighted by Gasteiger charge is -2.16. The van der Waals surface area contributed by atoms with Crippen LogP contribution in [0.5, 0.6) is 0 Å². The minimum Gasteiger partial charge on any atom is -0.481 e. The van der Waals surface area contributed by atoms with Gasteiger partial charge in [-0.3, -0.25) is 4.79 Å². The van der Waals surface area contributed by atoms with Gasteiger partial charge in [0.15, 0.2) is 0 Å². The van der Waals surface area contributed by atoms with E-state index in [9.17, 15) is 4.79 Å². The van der Waals surface area contributed by atoms with E-state index in [1.165, 1.54) is 5.56 Å². The van der Waals surface area contributed by atoms with Crippen molar-refractivity contribution in [1.29, 1.82) is 0 Å². The minimum absolute atomic E-state index is 0.186. The number of carboxylic acids is 1. The maximum Gasteiger partial charge on any atom is 0.304 e. The van der Waals surface area contributed by atoms with Gasteiger partial charge in [0, 0.05) is 12.6 Å². The lowest BCUT2D eigenvalue weighted by molar-refractivity contribution is -0.136. The molecular formula is C13H19NO2. The van der Waals surface area contributed by atoms with Gasteiger partial charge in [-0.05, 0) is 18.4 Å². The predicted octanol–water partition coefficient (Wildman–Crippen LogP) is 2.07. The SMILES string of the molecule is CCC(Cc1ccccc1)NCCC(=O)O. The highest BCUT2D eigenvalue weighted by Gasteiger charge is 2.07. The molecule has 3 nitrogen and oxygen atoms in total. The van der Waals surface area contributed by atoms with Gasteiger partial charge in [0.2, 0.25) is 0 Å². The third-order valence-corrected chi connectivity index (χ3v) is 2.59. The minimum atomic E-state index is -0.748. The first-order chi connectivity index (χ1) is 7.72. The highest BCUT2D eigenvalue weighted by Crippen LogP contribution is 2.05. The smallest absolute Gasteiger partial charge is 0.304 e. The molecule has 0 aliphatic heterocycles. The van der Waals surface area contributed by atoms with Crippen LogP contribution in [0.2, 0.25) is 0 Å². The van der Waals surface area contributed by atoms with Crippen molar-refractivity contribution in [1.82, 2.24) is 5.32 Å². The highest BCUT2D eigenvalue weighted by atomic mass is 16.4. The van der Waals surface area contributed by atoms with Crippen LogP contribution in [0.25, 0.3) is 0 Å². The molecule has 0 fully saturated rings. The second-order valence-electron chi connectivity index (χ2n) is 3.89. The van der Waals surface area contributed by atoms with Crippen molar-refractivity contribution >= 4 is 5.97 Å². The van der Waals surface area contributed by atoms with Crippen molar-refractivity contribution in [2.24, 2.45) is 0 Å². The maximum absolute atomic E-state index is 10.4. The largest absolute Gasteiger partial charge is 0.481 e. The Morgan fingerprint density at radius 3 is 2.62 bits per heavy atom. The Morgan fingerprint density at radius 2 is 2.06 bits per heavy atom. The Hall–Kier alpha value is -1.35. The molecule has 0 aliphatic rings. The van der Waals surface area contributed by atoms with Gasteiger partial charge in [-0.2, -0.15) is 0 Å². The molecule has 0 heterocycles. The third kappa shape index (κ3) is 4.94. The molecule has 1 unspecified atom stereocenters. The van der Waals surface area contributed by atoms with Crippen LogP contribution in [0.15, 0.2) is 30.3 Å². The topological polar surface area (TPSA) is 49.3 Å². The molecule has 1 aromatic rings. The number of benzene rings is 1. The van der Waals surface area contributed by atoms with Crippen molar-refractivity contribution in [2.45, 2.75) is 32.2 Å². The fourth-order valence-corrected chi connectivity index (χ4v) is 1.64. The summed E-state index contributed by atoms with van der Waals surface area (Å²) in [4.78, 5) is 10.4. The van der Waals surface area contributed by atoms with E-state index in [1.807, 2.05) is 18.2 Å². The van der Waals surface area contributed by atoms with Crippen molar-refractivity contribution < 1.29 is 9.90 Å². The van der Waals surface area contributed by atoms with E-state index in [-0.39, 0.29) is 6.42 Å². The van der Waals surface area contributed by atoms with Crippen molar-refractivity contribution in [3.8, 4) is 0 Å². The molecule has 1 aromatic carbocycles. The Balaban J connectivity index is 2.34. The van der Waals surface area contributed by atoms with E-state index in [4.69, 9.17) is 5.11 Å². The van der Waals surface area contributed by atoms with E-state index in [0.717, 1.165) is 12.8 Å². The van der Waals surface area contributed by atoms with Gasteiger partial charge in [0.05, 0.1) is 6.42 Å². The molecule has 0 spiro atoms. The Labute approximate surface area is 96.5 Å². The summed E-state index contributed by atoms with van der Waals surface area (Å²) >= 11 is 0. The molecule has 0 saturated heterocycles. The number of hydrogen-bond donors (Lipinski definition) is 2. The van der Waals surface area contributed by atoms with Crippen LogP contribution in [0.1, 0.15) is 25.3 Å². The fraction of sp³-hybridized carbons (Fsp3) is 0.462. The third-order valence-electron chi connectivity index (χ3n) is 2.59. The zero-order valence-corrected chi connectivity index (χ0v) is 9.65. The van der Waals surface area contributed by atoms with Crippen LogP contribution >= 0.6 is 0 Å². The van der Waals surface area contributed by atoms with Crippen LogP contribution in [0.4, 0.5) is 0 Å². The summed E-state index contributed by atoms with van der Waals surface area (Å²) in [5.41, 5.74) is 1.29. The molecule has 1 rings (SSSR count). The first-order valence-corrected chi connectivity index (χ1v) is 5.71. The molecule has 16 heavy (non-hydrogen) atoms. The summed E-state index contributed by atoms with van der Waals surface area (Å²) in [7, 11) is 0. The van der Waals surface area contributed by atoms with E-state index >= 15 is 0 Å². The Kier molecular flexibility index (Phi) is 5.57. The quantitative estimate of drug-likeness (QED) is 0.741. The summed E-state index contributed by atoms with van der Waals surface area (Å²) in [6, 6.07) is 10.6. The van der Waals surface area contributed by atoms with Gasteiger partial charge in [0.1, 0.15) is 0 Å². The van der Waals surface area contributed by atoms with Crippen LogP contribution in [-0.2, 0) is 11.2 Å². The average molecular weight is 221 g/mol. The average Bonchev–Trinajstić information content (AvgIpc) is 2.28. The maximum atomic E-state index is 10.4. The highest BCUT2D eigenvalue weighted by molar-refractivity contribution is 5.66. The zero-order chi connectivity index (χ0) is 11.8. The monoisotopic (exact) mass is 221 g/mol. The van der Waals surface area contributed by atoms with Crippen LogP contribution in [0, 0.1) is 0 Å². The Bertz CT molecular complexity index is 311. The number of carboxylic acid groups (broad SMARTS) is 1. The van der Waals surface area contributed by atoms with Crippen LogP contribution in [-0.4, -0.2) is 23.7 Å². The number of nitrogens with one attached hydrogen (secondary N) is 1. The van der Waals surface area contributed by atoms with Crippen LogP contribution < -0.4 is 5.32 Å². The summed E-state index contributed by atoms with van der Waals surface area (Å²) in [6.07, 6.45) is 2.15. The molecule has 88 valence electrons. The van der Waals surface area contributed by atoms with Crippen molar-refractivity contribution in [3.63, 3.8) is 0 Å². The van der Waals surface area contributed by atoms with Gasteiger partial charge < -0.3 is 10.4 Å². The summed E-state index contributed by atoms with van der Waals surface area (Å²) < 4.78 is 0. The molecular weight excluding hydrogens is 202 g/mol. The molecule has 0 bridgehead atoms. The zero-order valence-electron chi connectivity index (χ0n) is 9.65. The first-order valence-electron chi connectivity index (χ1n) is 5.71. The van der Waals surface area contributed by atoms with Gasteiger partial charge in [0.25, 0.3) is 0 Å². The molecule has 0 aromatic heterocycles. The van der Waals surface area contributed by atoms with Crippen LogP contribution in [0.3, 0.4) is 0 Å². The lowest BCUT2D eigenvalue weighted by Crippen LogP contribution is -2.32. The molecule has 0 saturated carbocycles. The second-order valence-corrected chi connectivity index (χ2v) is 3.89. The first kappa shape index (κ1) is 12.7. The van der Waals surface area contributed by atoms with Gasteiger partial charge in [-0.15, -0.1) is 0 Å². The lowest BCUT2D eigenvalue weighted by atomic mass is 10.0. The standard InChI is InChI=1S/C13H19NO2/c1-2-12(14-9-8-13(15)16)10-11-6-4-3-5-7-11/h3-7,12,14H,2,8-10H2,1H3,(H,15,16). The molecule has 2 N–H and O–H groups in total. The predicted molar refractivity (Wildman–Crippen MR) is 64.5 cm³/mol. The van der Waals surface area contributed by atoms with Gasteiger partial charge >= 0.3 is 5.97 Å². The second kappa shape index (κ2) is 7.01. The van der Waals surface area contributed by atoms with Gasteiger partial charge in [-0.25, -0.2) is 0 Å². The van der Waals surface area contributed by atoms with E-state index in [2.05, 4.69) is 24.4 Å². The number of rotatable bonds is 7. The van der Waals surface area contributed by atoms with Gasteiger partial charge in [-0.1, -0.05) is 37.3 Å². The summed E-state index contributed by atoms with van der Waals surface area (Å²) in [5.74, 6) is -0.748. The number of hydrogen-bond acceptors (Lipinski definition) is 2. The molecule has 0 aliphatic carbocycles. The van der Waals surface area contributed by atoms with Crippen molar-refractivity contribution in [3.05, 3.63) is 35.9 Å². The van der Waals surface area contributed by atoms with E-state index in [1.54, 1.807) is 0 Å². The molecule has 1 atom stereocenters. The van der Waals surface area contributed by atoms with E-state index < -0.39 is 5.97 Å².